The maximum Gasteiger partial charge on any atom is 0.284 e. The van der Waals surface area contributed by atoms with Crippen molar-refractivity contribution in [3.63, 3.8) is 0 Å². The third-order valence-corrected chi connectivity index (χ3v) is 5.55. The Morgan fingerprint density at radius 3 is 2.54 bits per heavy atom. The van der Waals surface area contributed by atoms with Crippen molar-refractivity contribution < 1.29 is 14.5 Å². The van der Waals surface area contributed by atoms with Crippen LogP contribution < -0.4 is 10.9 Å². The molecule has 3 rings (SSSR count). The summed E-state index contributed by atoms with van der Waals surface area (Å²) in [6.07, 6.45) is 2.86. The summed E-state index contributed by atoms with van der Waals surface area (Å²) in [5.74, 6) is -1.23. The van der Waals surface area contributed by atoms with Gasteiger partial charge in [0.05, 0.1) is 15.4 Å². The van der Waals surface area contributed by atoms with Crippen LogP contribution in [0, 0.1) is 17.0 Å². The molecule has 0 radical (unpaired) electrons. The first-order valence-corrected chi connectivity index (χ1v) is 9.53. The summed E-state index contributed by atoms with van der Waals surface area (Å²) in [4.78, 5) is 43.5. The third-order valence-electron chi connectivity index (χ3n) is 3.43. The minimum absolute atomic E-state index is 0.0397. The highest BCUT2D eigenvalue weighted by atomic mass is 32.2. The molecule has 142 valence electrons. The number of hydrazine groups is 1. The van der Waals surface area contributed by atoms with Crippen LogP contribution in [-0.4, -0.2) is 26.7 Å². The monoisotopic (exact) mass is 415 g/mol. The van der Waals surface area contributed by atoms with Crippen molar-refractivity contribution in [1.82, 2.24) is 20.8 Å². The molecule has 2 aromatic heterocycles. The number of nitrogens with one attached hydrogen (secondary N) is 2. The Labute approximate surface area is 167 Å². The average molecular weight is 415 g/mol. The standard InChI is InChI=1S/C17H13N5O4S2/c1-10-9-27-17(19-10)28-14-5-4-11(7-13(14)22(25)26)15(23)20-21-16(24)12-3-2-6-18-8-12/h2-9H,1H3,(H,20,23)(H,21,24). The molecule has 0 spiro atoms. The quantitative estimate of drug-likeness (QED) is 0.484. The lowest BCUT2D eigenvalue weighted by Crippen LogP contribution is -2.41. The highest BCUT2D eigenvalue weighted by molar-refractivity contribution is 8.01. The molecule has 0 saturated carbocycles. The fraction of sp³-hybridized carbons (Fsp3) is 0.0588. The van der Waals surface area contributed by atoms with Gasteiger partial charge in [-0.15, -0.1) is 11.3 Å². The van der Waals surface area contributed by atoms with Gasteiger partial charge >= 0.3 is 0 Å². The molecule has 0 aliphatic rings. The van der Waals surface area contributed by atoms with E-state index in [0.29, 0.717) is 9.24 Å². The summed E-state index contributed by atoms with van der Waals surface area (Å²) in [5, 5.41) is 13.3. The molecule has 2 amide bonds. The second-order valence-electron chi connectivity index (χ2n) is 5.45. The van der Waals surface area contributed by atoms with Gasteiger partial charge in [-0.2, -0.15) is 0 Å². The SMILES string of the molecule is Cc1csc(Sc2ccc(C(=O)NNC(=O)c3cccnc3)cc2[N+](=O)[O-])n1. The van der Waals surface area contributed by atoms with Crippen LogP contribution in [0.25, 0.3) is 0 Å². The summed E-state index contributed by atoms with van der Waals surface area (Å²) in [5.41, 5.74) is 5.38. The molecule has 11 heteroatoms. The zero-order chi connectivity index (χ0) is 20.1. The summed E-state index contributed by atoms with van der Waals surface area (Å²) >= 11 is 2.54. The van der Waals surface area contributed by atoms with Gasteiger partial charge in [-0.1, -0.05) is 11.8 Å². The number of nitro groups is 1. The maximum atomic E-state index is 12.2. The first-order valence-electron chi connectivity index (χ1n) is 7.83. The molecule has 0 aliphatic heterocycles. The summed E-state index contributed by atoms with van der Waals surface area (Å²) < 4.78 is 0.668. The molecule has 9 nitrogen and oxygen atoms in total. The smallest absolute Gasteiger partial charge is 0.267 e. The summed E-state index contributed by atoms with van der Waals surface area (Å²) in [6, 6.07) is 7.21. The molecule has 0 unspecified atom stereocenters. The van der Waals surface area contributed by atoms with Crippen LogP contribution in [0.3, 0.4) is 0 Å². The molecule has 0 aliphatic carbocycles. The number of carbonyl (C=O) groups is 2. The van der Waals surface area contributed by atoms with Gasteiger partial charge in [0.15, 0.2) is 4.34 Å². The molecule has 0 atom stereocenters. The zero-order valence-corrected chi connectivity index (χ0v) is 16.0. The molecule has 28 heavy (non-hydrogen) atoms. The molecule has 3 aromatic rings. The molecule has 1 aromatic carbocycles. The fourth-order valence-electron chi connectivity index (χ4n) is 2.12. The highest BCUT2D eigenvalue weighted by Crippen LogP contribution is 2.36. The van der Waals surface area contributed by atoms with Gasteiger partial charge in [0.1, 0.15) is 0 Å². The van der Waals surface area contributed by atoms with Gasteiger partial charge in [-0.05, 0) is 31.2 Å². The Hall–Kier alpha value is -3.31. The van der Waals surface area contributed by atoms with Gasteiger partial charge in [-0.3, -0.25) is 35.5 Å². The second-order valence-corrected chi connectivity index (χ2v) is 7.59. The fourth-order valence-corrected chi connectivity index (χ4v) is 3.99. The van der Waals surface area contributed by atoms with Gasteiger partial charge in [0.2, 0.25) is 0 Å². The number of carbonyl (C=O) groups excluding carboxylic acids is 2. The first-order chi connectivity index (χ1) is 13.4. The van der Waals surface area contributed by atoms with Gasteiger partial charge in [-0.25, -0.2) is 4.98 Å². The number of nitro benzene ring substituents is 1. The van der Waals surface area contributed by atoms with E-state index in [4.69, 9.17) is 0 Å². The van der Waals surface area contributed by atoms with Crippen LogP contribution in [-0.2, 0) is 0 Å². The van der Waals surface area contributed by atoms with E-state index < -0.39 is 16.7 Å². The number of aromatic nitrogens is 2. The lowest BCUT2D eigenvalue weighted by atomic mass is 10.2. The zero-order valence-electron chi connectivity index (χ0n) is 14.4. The topological polar surface area (TPSA) is 127 Å². The van der Waals surface area contributed by atoms with Crippen molar-refractivity contribution in [3.05, 3.63) is 75.0 Å². The third kappa shape index (κ3) is 4.69. The lowest BCUT2D eigenvalue weighted by molar-refractivity contribution is -0.387. The second kappa shape index (κ2) is 8.59. The molecule has 2 heterocycles. The van der Waals surface area contributed by atoms with Crippen molar-refractivity contribution in [2.24, 2.45) is 0 Å². The Morgan fingerprint density at radius 1 is 1.18 bits per heavy atom. The lowest BCUT2D eigenvalue weighted by Gasteiger charge is -2.08. The molecule has 0 saturated heterocycles. The number of aryl methyl sites for hydroxylation is 1. The van der Waals surface area contributed by atoms with E-state index in [9.17, 15) is 19.7 Å². The predicted octanol–water partition coefficient (Wildman–Crippen LogP) is 2.98. The Morgan fingerprint density at radius 2 is 1.93 bits per heavy atom. The van der Waals surface area contributed by atoms with Crippen LogP contribution in [0.2, 0.25) is 0 Å². The highest BCUT2D eigenvalue weighted by Gasteiger charge is 2.20. The number of rotatable bonds is 5. The van der Waals surface area contributed by atoms with Crippen molar-refractivity contribution in [2.45, 2.75) is 16.2 Å². The van der Waals surface area contributed by atoms with Crippen molar-refractivity contribution >= 4 is 40.6 Å². The van der Waals surface area contributed by atoms with Crippen LogP contribution in [0.1, 0.15) is 26.4 Å². The molecular formula is C17H13N5O4S2. The minimum Gasteiger partial charge on any atom is -0.267 e. The minimum atomic E-state index is -0.679. The summed E-state index contributed by atoms with van der Waals surface area (Å²) in [7, 11) is 0. The Balaban J connectivity index is 1.72. The largest absolute Gasteiger partial charge is 0.284 e. The molecule has 2 N–H and O–H groups in total. The first kappa shape index (κ1) is 19.5. The number of nitrogens with zero attached hydrogens (tertiary/aromatic N) is 3. The van der Waals surface area contributed by atoms with E-state index in [-0.39, 0.29) is 16.8 Å². The van der Waals surface area contributed by atoms with Gasteiger partial charge in [0.25, 0.3) is 17.5 Å². The van der Waals surface area contributed by atoms with Crippen LogP contribution in [0.4, 0.5) is 5.69 Å². The number of benzene rings is 1. The molecular weight excluding hydrogens is 402 g/mol. The molecule has 0 fully saturated rings. The van der Waals surface area contributed by atoms with Crippen LogP contribution in [0.5, 0.6) is 0 Å². The van der Waals surface area contributed by atoms with Crippen LogP contribution in [0.15, 0.2) is 57.3 Å². The average Bonchev–Trinajstić information content (AvgIpc) is 3.11. The number of thiazole rings is 1. The number of hydrogen-bond acceptors (Lipinski definition) is 8. The van der Waals surface area contributed by atoms with E-state index in [0.717, 1.165) is 23.5 Å². The van der Waals surface area contributed by atoms with Gasteiger partial charge < -0.3 is 0 Å². The van der Waals surface area contributed by atoms with Crippen LogP contribution >= 0.6 is 23.1 Å². The maximum absolute atomic E-state index is 12.2. The molecule has 0 bridgehead atoms. The Kier molecular flexibility index (Phi) is 5.96. The van der Waals surface area contributed by atoms with Crippen molar-refractivity contribution in [2.75, 3.05) is 0 Å². The van der Waals surface area contributed by atoms with E-state index in [1.807, 2.05) is 12.3 Å². The number of pyridine rings is 1. The van der Waals surface area contributed by atoms with Crippen molar-refractivity contribution in [1.29, 1.82) is 0 Å². The van der Waals surface area contributed by atoms with Crippen molar-refractivity contribution in [3.8, 4) is 0 Å². The van der Waals surface area contributed by atoms with E-state index in [1.54, 1.807) is 6.07 Å². The number of amides is 2. The summed E-state index contributed by atoms with van der Waals surface area (Å²) in [6.45, 7) is 1.84. The number of hydrogen-bond donors (Lipinski definition) is 2. The predicted molar refractivity (Wildman–Crippen MR) is 103 cm³/mol. The van der Waals surface area contributed by atoms with E-state index in [2.05, 4.69) is 20.8 Å². The Bertz CT molecular complexity index is 1040. The van der Waals surface area contributed by atoms with E-state index >= 15 is 0 Å². The van der Waals surface area contributed by atoms with Gasteiger partial charge in [0, 0.05) is 35.1 Å². The van der Waals surface area contributed by atoms with E-state index in [1.165, 1.54) is 41.9 Å². The normalized spacial score (nSPS) is 10.3.